The molecule has 1 aromatic rings. The number of piperidine rings is 1. The van der Waals surface area contributed by atoms with Crippen LogP contribution in [0, 0.1) is 17.3 Å². The highest BCUT2D eigenvalue weighted by Gasteiger charge is 2.54. The molecular formula is C25H37NO4. The highest BCUT2D eigenvalue weighted by Crippen LogP contribution is 2.55. The van der Waals surface area contributed by atoms with Crippen molar-refractivity contribution in [1.29, 1.82) is 0 Å². The average Bonchev–Trinajstić information content (AvgIpc) is 2.73. The van der Waals surface area contributed by atoms with Crippen LogP contribution in [0.1, 0.15) is 81.3 Å². The first-order valence-corrected chi connectivity index (χ1v) is 11.6. The summed E-state index contributed by atoms with van der Waals surface area (Å²) in [4.78, 5) is 12.1. The third kappa shape index (κ3) is 4.11. The molecule has 0 amide bonds. The van der Waals surface area contributed by atoms with E-state index in [0.29, 0.717) is 11.5 Å². The number of benzene rings is 1. The minimum Gasteiger partial charge on any atom is -0.487 e. The van der Waals surface area contributed by atoms with Gasteiger partial charge in [-0.25, -0.2) is 4.79 Å². The number of ether oxygens (including phenoxy) is 3. The van der Waals surface area contributed by atoms with Gasteiger partial charge in [-0.3, -0.25) is 0 Å². The molecule has 4 rings (SSSR count). The topological polar surface area (TPSA) is 56.8 Å². The fourth-order valence-corrected chi connectivity index (χ4v) is 5.72. The number of fused-ring (bicyclic) bond motifs is 3. The first-order valence-electron chi connectivity index (χ1n) is 11.6. The summed E-state index contributed by atoms with van der Waals surface area (Å²) in [6.07, 6.45) is 6.86. The standard InChI is InChI=1S/C25H37NO4/c1-17(2)7-5-10-24(3)20-14-25(11-6-12-26-15-25)16-29-22(20)19-13-18(23(27)28-4)8-9-21(19)30-24/h8-9,13,17,20,22,26H,5-7,10-12,14-16H2,1-4H3/t20-,22+,24-,25+/m1/s1. The third-order valence-electron chi connectivity index (χ3n) is 7.47. The molecule has 2 saturated heterocycles. The minimum atomic E-state index is -0.316. The molecule has 0 aromatic heterocycles. The van der Waals surface area contributed by atoms with Crippen molar-refractivity contribution in [1.82, 2.24) is 5.32 Å². The smallest absolute Gasteiger partial charge is 0.337 e. The van der Waals surface area contributed by atoms with E-state index in [1.165, 1.54) is 26.4 Å². The predicted molar refractivity (Wildman–Crippen MR) is 117 cm³/mol. The quantitative estimate of drug-likeness (QED) is 0.694. The van der Waals surface area contributed by atoms with Crippen molar-refractivity contribution in [3.05, 3.63) is 29.3 Å². The molecule has 166 valence electrons. The van der Waals surface area contributed by atoms with Crippen molar-refractivity contribution in [2.24, 2.45) is 17.3 Å². The largest absolute Gasteiger partial charge is 0.487 e. The lowest BCUT2D eigenvalue weighted by molar-refractivity contribution is -0.174. The van der Waals surface area contributed by atoms with Crippen LogP contribution in [-0.4, -0.2) is 38.4 Å². The van der Waals surface area contributed by atoms with E-state index in [1.54, 1.807) is 6.07 Å². The first kappa shape index (κ1) is 21.6. The molecule has 0 radical (unpaired) electrons. The molecule has 4 atom stereocenters. The van der Waals surface area contributed by atoms with Crippen LogP contribution in [0.5, 0.6) is 5.75 Å². The van der Waals surface area contributed by atoms with Crippen LogP contribution in [-0.2, 0) is 9.47 Å². The molecule has 0 bridgehead atoms. The van der Waals surface area contributed by atoms with E-state index in [2.05, 4.69) is 26.1 Å². The summed E-state index contributed by atoms with van der Waals surface area (Å²) in [6, 6.07) is 5.65. The number of nitrogens with one attached hydrogen (secondary N) is 1. The van der Waals surface area contributed by atoms with Gasteiger partial charge in [-0.15, -0.1) is 0 Å². The van der Waals surface area contributed by atoms with Gasteiger partial charge >= 0.3 is 5.97 Å². The Morgan fingerprint density at radius 3 is 2.90 bits per heavy atom. The van der Waals surface area contributed by atoms with Crippen LogP contribution in [0.25, 0.3) is 0 Å². The van der Waals surface area contributed by atoms with Gasteiger partial charge in [0.05, 0.1) is 25.4 Å². The number of carbonyl (C=O) groups is 1. The van der Waals surface area contributed by atoms with Gasteiger partial charge in [0.1, 0.15) is 11.4 Å². The molecule has 30 heavy (non-hydrogen) atoms. The molecule has 2 fully saturated rings. The molecule has 0 saturated carbocycles. The van der Waals surface area contributed by atoms with Gasteiger partial charge < -0.3 is 19.5 Å². The Morgan fingerprint density at radius 2 is 2.20 bits per heavy atom. The van der Waals surface area contributed by atoms with Crippen LogP contribution < -0.4 is 10.1 Å². The maximum Gasteiger partial charge on any atom is 0.337 e. The zero-order chi connectivity index (χ0) is 21.4. The molecule has 3 aliphatic heterocycles. The van der Waals surface area contributed by atoms with Crippen molar-refractivity contribution in [2.75, 3.05) is 26.8 Å². The Balaban J connectivity index is 1.66. The number of hydrogen-bond donors (Lipinski definition) is 1. The number of carbonyl (C=O) groups excluding carboxylic acids is 1. The molecule has 3 heterocycles. The summed E-state index contributed by atoms with van der Waals surface area (Å²) in [7, 11) is 1.42. The highest BCUT2D eigenvalue weighted by atomic mass is 16.5. The van der Waals surface area contributed by atoms with Gasteiger partial charge in [-0.1, -0.05) is 20.3 Å². The summed E-state index contributed by atoms with van der Waals surface area (Å²) < 4.78 is 18.3. The molecule has 1 aromatic carbocycles. The zero-order valence-corrected chi connectivity index (χ0v) is 19.0. The maximum atomic E-state index is 12.1. The number of methoxy groups -OCH3 is 1. The first-order chi connectivity index (χ1) is 14.4. The molecule has 1 N–H and O–H groups in total. The van der Waals surface area contributed by atoms with Gasteiger partial charge in [0.2, 0.25) is 0 Å². The summed E-state index contributed by atoms with van der Waals surface area (Å²) in [6.45, 7) is 9.73. The van der Waals surface area contributed by atoms with Crippen LogP contribution in [0.2, 0.25) is 0 Å². The van der Waals surface area contributed by atoms with Crippen LogP contribution in [0.4, 0.5) is 0 Å². The molecule has 0 aliphatic carbocycles. The summed E-state index contributed by atoms with van der Waals surface area (Å²) in [5.74, 6) is 1.51. The zero-order valence-electron chi connectivity index (χ0n) is 19.0. The molecule has 0 unspecified atom stereocenters. The molecule has 1 spiro atoms. The second-order valence-electron chi connectivity index (χ2n) is 10.3. The van der Waals surface area contributed by atoms with Gasteiger partial charge in [-0.2, -0.15) is 0 Å². The normalized spacial score (nSPS) is 33.0. The van der Waals surface area contributed by atoms with Gasteiger partial charge in [0.25, 0.3) is 0 Å². The van der Waals surface area contributed by atoms with Gasteiger partial charge in [-0.05, 0) is 69.7 Å². The van der Waals surface area contributed by atoms with Crippen LogP contribution in [0.15, 0.2) is 18.2 Å². The molecule has 5 nitrogen and oxygen atoms in total. The Morgan fingerprint density at radius 1 is 1.37 bits per heavy atom. The lowest BCUT2D eigenvalue weighted by Crippen LogP contribution is -2.56. The van der Waals surface area contributed by atoms with Crippen molar-refractivity contribution < 1.29 is 19.0 Å². The molecule has 3 aliphatic rings. The van der Waals surface area contributed by atoms with E-state index in [1.807, 2.05) is 12.1 Å². The fourth-order valence-electron chi connectivity index (χ4n) is 5.72. The summed E-state index contributed by atoms with van der Waals surface area (Å²) >= 11 is 0. The van der Waals surface area contributed by atoms with E-state index < -0.39 is 0 Å². The van der Waals surface area contributed by atoms with E-state index in [4.69, 9.17) is 14.2 Å². The van der Waals surface area contributed by atoms with Crippen LogP contribution >= 0.6 is 0 Å². The number of rotatable bonds is 5. The van der Waals surface area contributed by atoms with Crippen molar-refractivity contribution in [2.45, 2.75) is 71.0 Å². The van der Waals surface area contributed by atoms with Gasteiger partial charge in [0, 0.05) is 23.4 Å². The number of hydrogen-bond acceptors (Lipinski definition) is 5. The predicted octanol–water partition coefficient (Wildman–Crippen LogP) is 4.90. The second-order valence-corrected chi connectivity index (χ2v) is 10.3. The van der Waals surface area contributed by atoms with Crippen molar-refractivity contribution in [3.8, 4) is 5.75 Å². The lowest BCUT2D eigenvalue weighted by Gasteiger charge is -2.54. The summed E-state index contributed by atoms with van der Waals surface area (Å²) in [5.41, 5.74) is 1.50. The fraction of sp³-hybridized carbons (Fsp3) is 0.720. The van der Waals surface area contributed by atoms with E-state index in [9.17, 15) is 4.79 Å². The van der Waals surface area contributed by atoms with Gasteiger partial charge in [0.15, 0.2) is 0 Å². The Labute approximate surface area is 180 Å². The third-order valence-corrected chi connectivity index (χ3v) is 7.47. The Hall–Kier alpha value is -1.59. The lowest BCUT2D eigenvalue weighted by atomic mass is 9.64. The van der Waals surface area contributed by atoms with Crippen molar-refractivity contribution in [3.63, 3.8) is 0 Å². The minimum absolute atomic E-state index is 0.0324. The highest BCUT2D eigenvalue weighted by molar-refractivity contribution is 5.89. The van der Waals surface area contributed by atoms with E-state index in [0.717, 1.165) is 50.3 Å². The maximum absolute atomic E-state index is 12.1. The van der Waals surface area contributed by atoms with Crippen LogP contribution in [0.3, 0.4) is 0 Å². The van der Waals surface area contributed by atoms with Crippen molar-refractivity contribution >= 4 is 5.97 Å². The SMILES string of the molecule is COC(=O)c1ccc2c(c1)[C@@H]1OC[C@@]3(CCCNC3)C[C@H]1[C@@](C)(CCCC(C)C)O2. The number of esters is 1. The molecular weight excluding hydrogens is 378 g/mol. The monoisotopic (exact) mass is 415 g/mol. The Kier molecular flexibility index (Phi) is 6.13. The summed E-state index contributed by atoms with van der Waals surface area (Å²) in [5, 5.41) is 3.60. The molecule has 5 heteroatoms. The second kappa shape index (κ2) is 8.51. The van der Waals surface area contributed by atoms with E-state index >= 15 is 0 Å². The Bertz CT molecular complexity index is 770. The van der Waals surface area contributed by atoms with E-state index in [-0.39, 0.29) is 29.0 Å². The average molecular weight is 416 g/mol.